The van der Waals surface area contributed by atoms with Crippen LogP contribution in [-0.4, -0.2) is 55.6 Å². The summed E-state index contributed by atoms with van der Waals surface area (Å²) in [6.45, 7) is 4.01. The Kier molecular flexibility index (Phi) is 4.92. The number of hydrogen-bond donors (Lipinski definition) is 2. The SMILES string of the molecule is CC1(c2ccn3ncc(-c4cc(C(=O)N5C6CCNCC5CC6)cc(N)n4)c3n2)CC=CS1. The van der Waals surface area contributed by atoms with Gasteiger partial charge in [0.25, 0.3) is 5.91 Å². The van der Waals surface area contributed by atoms with E-state index >= 15 is 0 Å². The number of allylic oxidation sites excluding steroid dienone is 1. The van der Waals surface area contributed by atoms with E-state index in [1.165, 1.54) is 0 Å². The third kappa shape index (κ3) is 3.50. The lowest BCUT2D eigenvalue weighted by molar-refractivity contribution is 0.0680. The Morgan fingerprint density at radius 3 is 2.97 bits per heavy atom. The van der Waals surface area contributed by atoms with Crippen LogP contribution in [0.3, 0.4) is 0 Å². The topological polar surface area (TPSA) is 101 Å². The number of carbonyl (C=O) groups excluding carboxylic acids is 1. The minimum absolute atomic E-state index is 0.0348. The molecule has 3 aromatic heterocycles. The Balaban J connectivity index is 1.39. The van der Waals surface area contributed by atoms with E-state index in [2.05, 4.69) is 38.7 Å². The zero-order chi connectivity index (χ0) is 22.6. The van der Waals surface area contributed by atoms with E-state index in [1.807, 2.05) is 18.3 Å². The predicted molar refractivity (Wildman–Crippen MR) is 130 cm³/mol. The fraction of sp³-hybridized carbons (Fsp3) is 0.417. The molecule has 33 heavy (non-hydrogen) atoms. The third-order valence-electron chi connectivity index (χ3n) is 7.10. The molecule has 2 bridgehead atoms. The van der Waals surface area contributed by atoms with Crippen molar-refractivity contribution in [3.63, 3.8) is 0 Å². The predicted octanol–water partition coefficient (Wildman–Crippen LogP) is 3.21. The van der Waals surface area contributed by atoms with Gasteiger partial charge in [-0.1, -0.05) is 6.08 Å². The highest BCUT2D eigenvalue weighted by Gasteiger charge is 2.38. The minimum Gasteiger partial charge on any atom is -0.384 e. The molecule has 0 spiro atoms. The first-order valence-corrected chi connectivity index (χ1v) is 12.4. The molecule has 2 saturated heterocycles. The second kappa shape index (κ2) is 7.85. The second-order valence-corrected chi connectivity index (χ2v) is 10.7. The van der Waals surface area contributed by atoms with E-state index in [4.69, 9.17) is 10.7 Å². The molecule has 8 nitrogen and oxygen atoms in total. The summed E-state index contributed by atoms with van der Waals surface area (Å²) in [7, 11) is 0. The van der Waals surface area contributed by atoms with Gasteiger partial charge in [0.05, 0.1) is 27.9 Å². The molecule has 3 unspecified atom stereocenters. The number of nitrogens with one attached hydrogen (secondary N) is 1. The van der Waals surface area contributed by atoms with E-state index < -0.39 is 0 Å². The first kappa shape index (κ1) is 20.7. The van der Waals surface area contributed by atoms with Gasteiger partial charge in [-0.3, -0.25) is 4.79 Å². The lowest BCUT2D eigenvalue weighted by atomic mass is 10.0. The summed E-state index contributed by atoms with van der Waals surface area (Å²) in [4.78, 5) is 25.2. The minimum atomic E-state index is -0.0896. The fourth-order valence-corrected chi connectivity index (χ4v) is 6.22. The van der Waals surface area contributed by atoms with Gasteiger partial charge in [0.2, 0.25) is 0 Å². The van der Waals surface area contributed by atoms with Gasteiger partial charge in [0.15, 0.2) is 5.65 Å². The maximum atomic E-state index is 13.6. The number of rotatable bonds is 3. The van der Waals surface area contributed by atoms with Crippen molar-refractivity contribution in [3.05, 3.63) is 53.3 Å². The Bertz CT molecular complexity index is 1250. The average molecular weight is 462 g/mol. The highest BCUT2D eigenvalue weighted by atomic mass is 32.2. The standard InChI is InChI=1S/C24H27N7OS/c1-24(7-2-10-33-24)20-6-9-30-22(29-20)18(14-27-30)19-11-15(12-21(25)28-19)23(32)31-16-3-4-17(31)13-26-8-5-16/h2,6,9-12,14,16-17,26H,3-5,7-8,13H2,1H3,(H2,25,28). The molecule has 3 aliphatic heterocycles. The number of amides is 1. The molecule has 0 radical (unpaired) electrons. The van der Waals surface area contributed by atoms with Crippen LogP contribution in [0, 0.1) is 0 Å². The second-order valence-electron chi connectivity index (χ2n) is 9.32. The zero-order valence-electron chi connectivity index (χ0n) is 18.6. The first-order valence-electron chi connectivity index (χ1n) is 11.5. The van der Waals surface area contributed by atoms with Crippen molar-refractivity contribution in [3.8, 4) is 11.3 Å². The number of hydrogen-bond acceptors (Lipinski definition) is 7. The number of nitrogen functional groups attached to an aromatic ring is 1. The maximum Gasteiger partial charge on any atom is 0.254 e. The average Bonchev–Trinajstić information content (AvgIpc) is 3.49. The third-order valence-corrected chi connectivity index (χ3v) is 8.32. The van der Waals surface area contributed by atoms with Crippen LogP contribution in [0.1, 0.15) is 48.7 Å². The molecule has 3 atom stereocenters. The van der Waals surface area contributed by atoms with Gasteiger partial charge in [0.1, 0.15) is 5.82 Å². The Hall–Kier alpha value is -2.91. The lowest BCUT2D eigenvalue weighted by Gasteiger charge is -2.28. The van der Waals surface area contributed by atoms with Crippen molar-refractivity contribution in [2.24, 2.45) is 0 Å². The molecule has 6 rings (SSSR count). The Labute approximate surface area is 196 Å². The van der Waals surface area contributed by atoms with Crippen LogP contribution >= 0.6 is 11.8 Å². The largest absolute Gasteiger partial charge is 0.384 e. The summed E-state index contributed by atoms with van der Waals surface area (Å²) in [6.07, 6.45) is 9.90. The number of pyridine rings is 1. The Morgan fingerprint density at radius 2 is 2.12 bits per heavy atom. The molecule has 1 amide bonds. The lowest BCUT2D eigenvalue weighted by Crippen LogP contribution is -2.42. The Morgan fingerprint density at radius 1 is 1.24 bits per heavy atom. The van der Waals surface area contributed by atoms with Crippen LogP contribution in [0.2, 0.25) is 0 Å². The van der Waals surface area contributed by atoms with E-state index in [0.29, 0.717) is 17.1 Å². The van der Waals surface area contributed by atoms with E-state index in [-0.39, 0.29) is 22.7 Å². The first-order chi connectivity index (χ1) is 16.0. The van der Waals surface area contributed by atoms with Crippen LogP contribution < -0.4 is 11.1 Å². The molecular weight excluding hydrogens is 434 g/mol. The van der Waals surface area contributed by atoms with Gasteiger partial charge in [0, 0.05) is 30.4 Å². The molecule has 0 aromatic carbocycles. The summed E-state index contributed by atoms with van der Waals surface area (Å²) in [5.41, 5.74) is 9.89. The van der Waals surface area contributed by atoms with Gasteiger partial charge in [-0.05, 0) is 62.8 Å². The van der Waals surface area contributed by atoms with Crippen molar-refractivity contribution in [2.45, 2.75) is 49.4 Å². The van der Waals surface area contributed by atoms with Crippen molar-refractivity contribution in [1.82, 2.24) is 29.8 Å². The highest BCUT2D eigenvalue weighted by molar-refractivity contribution is 8.03. The van der Waals surface area contributed by atoms with Crippen molar-refractivity contribution in [2.75, 3.05) is 18.8 Å². The maximum absolute atomic E-state index is 13.6. The van der Waals surface area contributed by atoms with E-state index in [1.54, 1.807) is 28.5 Å². The van der Waals surface area contributed by atoms with Gasteiger partial charge in [-0.25, -0.2) is 14.5 Å². The smallest absolute Gasteiger partial charge is 0.254 e. The van der Waals surface area contributed by atoms with Crippen molar-refractivity contribution >= 4 is 29.1 Å². The summed E-state index contributed by atoms with van der Waals surface area (Å²) < 4.78 is 1.66. The van der Waals surface area contributed by atoms with Gasteiger partial charge >= 0.3 is 0 Å². The number of anilines is 1. The van der Waals surface area contributed by atoms with Crippen LogP contribution in [0.5, 0.6) is 0 Å². The number of nitrogens with zero attached hydrogens (tertiary/aromatic N) is 5. The fourth-order valence-electron chi connectivity index (χ4n) is 5.30. The number of aromatic nitrogens is 4. The number of thioether (sulfide) groups is 1. The summed E-state index contributed by atoms with van der Waals surface area (Å²) >= 11 is 1.78. The molecular formula is C24H27N7OS. The number of carbonyl (C=O) groups is 1. The van der Waals surface area contributed by atoms with Crippen LogP contribution in [0.15, 0.2) is 42.1 Å². The highest BCUT2D eigenvalue weighted by Crippen LogP contribution is 2.44. The molecule has 3 N–H and O–H groups in total. The van der Waals surface area contributed by atoms with Crippen LogP contribution in [-0.2, 0) is 4.75 Å². The molecule has 6 heterocycles. The summed E-state index contributed by atoms with van der Waals surface area (Å²) in [5, 5.41) is 10.1. The molecule has 9 heteroatoms. The van der Waals surface area contributed by atoms with Crippen LogP contribution in [0.4, 0.5) is 5.82 Å². The van der Waals surface area contributed by atoms with Gasteiger partial charge in [-0.2, -0.15) is 5.10 Å². The zero-order valence-corrected chi connectivity index (χ0v) is 19.4. The van der Waals surface area contributed by atoms with Crippen molar-refractivity contribution in [1.29, 1.82) is 0 Å². The van der Waals surface area contributed by atoms with E-state index in [0.717, 1.165) is 55.7 Å². The summed E-state index contributed by atoms with van der Waals surface area (Å²) in [5.74, 6) is 0.363. The normalized spacial score (nSPS) is 26.8. The molecule has 170 valence electrons. The molecule has 0 aliphatic carbocycles. The molecule has 3 aromatic rings. The molecule has 2 fully saturated rings. The van der Waals surface area contributed by atoms with Crippen LogP contribution in [0.25, 0.3) is 16.9 Å². The van der Waals surface area contributed by atoms with Gasteiger partial charge < -0.3 is 16.0 Å². The monoisotopic (exact) mass is 461 g/mol. The molecule has 3 aliphatic rings. The quantitative estimate of drug-likeness (QED) is 0.618. The van der Waals surface area contributed by atoms with Gasteiger partial charge in [-0.15, -0.1) is 11.8 Å². The number of fused-ring (bicyclic) bond motifs is 3. The van der Waals surface area contributed by atoms with Crippen molar-refractivity contribution < 1.29 is 4.79 Å². The molecule has 0 saturated carbocycles. The number of nitrogens with two attached hydrogens (primary N) is 1. The summed E-state index contributed by atoms with van der Waals surface area (Å²) in [6, 6.07) is 6.08. The van der Waals surface area contributed by atoms with E-state index in [9.17, 15) is 4.79 Å².